The molecular formula is C18H29N3O2S. The number of ether oxygens (including phenoxy) is 2. The van der Waals surface area contributed by atoms with Gasteiger partial charge in [0.1, 0.15) is 0 Å². The first-order chi connectivity index (χ1) is 11.7. The Labute approximate surface area is 149 Å². The van der Waals surface area contributed by atoms with Crippen LogP contribution in [0.25, 0.3) is 0 Å². The Kier molecular flexibility index (Phi) is 7.56. The van der Waals surface area contributed by atoms with Crippen LogP contribution in [-0.2, 0) is 6.54 Å². The van der Waals surface area contributed by atoms with Gasteiger partial charge in [0.25, 0.3) is 0 Å². The fourth-order valence-electron chi connectivity index (χ4n) is 2.96. The number of hydrogen-bond acceptors (Lipinski definition) is 4. The largest absolute Gasteiger partial charge is 0.493 e. The summed E-state index contributed by atoms with van der Waals surface area (Å²) in [5.41, 5.74) is 1.13. The Morgan fingerprint density at radius 1 is 1.33 bits per heavy atom. The molecule has 24 heavy (non-hydrogen) atoms. The number of guanidine groups is 1. The minimum Gasteiger partial charge on any atom is -0.493 e. The second-order valence-corrected chi connectivity index (χ2v) is 6.99. The van der Waals surface area contributed by atoms with Gasteiger partial charge in [-0.05, 0) is 50.1 Å². The number of thioether (sulfide) groups is 1. The first-order valence-corrected chi connectivity index (χ1v) is 9.78. The summed E-state index contributed by atoms with van der Waals surface area (Å²) in [5, 5.41) is 7.69. The van der Waals surface area contributed by atoms with Gasteiger partial charge in [0.05, 0.1) is 13.7 Å². The average molecular weight is 352 g/mol. The fourth-order valence-corrected chi connectivity index (χ4v) is 3.75. The van der Waals surface area contributed by atoms with Gasteiger partial charge in [-0.15, -0.1) is 0 Å². The van der Waals surface area contributed by atoms with Crippen molar-refractivity contribution in [2.45, 2.75) is 44.0 Å². The van der Waals surface area contributed by atoms with Crippen LogP contribution >= 0.6 is 11.8 Å². The van der Waals surface area contributed by atoms with Crippen molar-refractivity contribution in [3.05, 3.63) is 23.8 Å². The van der Waals surface area contributed by atoms with Crippen LogP contribution in [0, 0.1) is 0 Å². The maximum atomic E-state index is 5.56. The highest BCUT2D eigenvalue weighted by atomic mass is 32.2. The van der Waals surface area contributed by atoms with Crippen molar-refractivity contribution in [2.75, 3.05) is 27.0 Å². The summed E-state index contributed by atoms with van der Waals surface area (Å²) in [7, 11) is 3.48. The van der Waals surface area contributed by atoms with Crippen LogP contribution in [0.3, 0.4) is 0 Å². The molecule has 6 heteroatoms. The van der Waals surface area contributed by atoms with E-state index in [1.807, 2.05) is 43.9 Å². The average Bonchev–Trinajstić information content (AvgIpc) is 3.07. The van der Waals surface area contributed by atoms with Gasteiger partial charge in [-0.1, -0.05) is 6.07 Å². The van der Waals surface area contributed by atoms with Gasteiger partial charge in [-0.2, -0.15) is 11.8 Å². The number of aliphatic imine (C=N–C) groups is 1. The molecule has 5 nitrogen and oxygen atoms in total. The molecule has 2 rings (SSSR count). The van der Waals surface area contributed by atoms with Gasteiger partial charge < -0.3 is 20.1 Å². The summed E-state index contributed by atoms with van der Waals surface area (Å²) in [6.45, 7) is 3.29. The van der Waals surface area contributed by atoms with Crippen molar-refractivity contribution in [3.8, 4) is 11.5 Å². The third kappa shape index (κ3) is 5.23. The minimum absolute atomic E-state index is 0.517. The lowest BCUT2D eigenvalue weighted by molar-refractivity contribution is 0.310. The summed E-state index contributed by atoms with van der Waals surface area (Å²) in [4.78, 5) is 4.34. The van der Waals surface area contributed by atoms with Crippen molar-refractivity contribution in [3.63, 3.8) is 0 Å². The Morgan fingerprint density at radius 3 is 2.79 bits per heavy atom. The van der Waals surface area contributed by atoms with E-state index in [0.29, 0.717) is 19.2 Å². The van der Waals surface area contributed by atoms with Crippen LogP contribution in [0.15, 0.2) is 23.2 Å². The third-order valence-electron chi connectivity index (χ3n) is 4.27. The van der Waals surface area contributed by atoms with Crippen LogP contribution in [-0.4, -0.2) is 44.3 Å². The van der Waals surface area contributed by atoms with Crippen LogP contribution < -0.4 is 20.1 Å². The van der Waals surface area contributed by atoms with E-state index >= 15 is 0 Å². The summed E-state index contributed by atoms with van der Waals surface area (Å²) >= 11 is 1.96. The second kappa shape index (κ2) is 9.67. The Hall–Kier alpha value is -1.56. The zero-order chi connectivity index (χ0) is 17.4. The number of nitrogens with one attached hydrogen (secondary N) is 2. The molecule has 1 aliphatic rings. The van der Waals surface area contributed by atoms with Crippen LogP contribution in [0.4, 0.5) is 0 Å². The van der Waals surface area contributed by atoms with Gasteiger partial charge in [0.15, 0.2) is 17.5 Å². The molecule has 0 amide bonds. The predicted octanol–water partition coefficient (Wildman–Crippen LogP) is 3.04. The first-order valence-electron chi connectivity index (χ1n) is 8.49. The van der Waals surface area contributed by atoms with Gasteiger partial charge in [-0.25, -0.2) is 0 Å². The SMILES string of the molecule is CCOc1ccc(CNC(=NC)NC2CCC(SC)C2)cc1OC. The smallest absolute Gasteiger partial charge is 0.191 e. The van der Waals surface area contributed by atoms with E-state index in [0.717, 1.165) is 28.3 Å². The highest BCUT2D eigenvalue weighted by Gasteiger charge is 2.24. The molecule has 0 spiro atoms. The van der Waals surface area contributed by atoms with Crippen molar-refractivity contribution in [2.24, 2.45) is 4.99 Å². The lowest BCUT2D eigenvalue weighted by Gasteiger charge is -2.18. The Bertz CT molecular complexity index is 551. The van der Waals surface area contributed by atoms with E-state index in [4.69, 9.17) is 9.47 Å². The zero-order valence-corrected chi connectivity index (χ0v) is 15.9. The second-order valence-electron chi connectivity index (χ2n) is 5.86. The number of methoxy groups -OCH3 is 1. The monoisotopic (exact) mass is 351 g/mol. The Balaban J connectivity index is 1.89. The standard InChI is InChI=1S/C18H29N3O2S/c1-5-23-16-9-6-13(10-17(16)22-3)12-20-18(19-2)21-14-7-8-15(11-14)24-4/h6,9-10,14-15H,5,7-8,11-12H2,1-4H3,(H2,19,20,21). The molecular weight excluding hydrogens is 322 g/mol. The van der Waals surface area contributed by atoms with Crippen LogP contribution in [0.1, 0.15) is 31.7 Å². The normalized spacial score (nSPS) is 20.8. The van der Waals surface area contributed by atoms with Crippen LogP contribution in [0.2, 0.25) is 0 Å². The molecule has 0 radical (unpaired) electrons. The Morgan fingerprint density at radius 2 is 2.17 bits per heavy atom. The van der Waals surface area contributed by atoms with Crippen molar-refractivity contribution in [1.82, 2.24) is 10.6 Å². The summed E-state index contributed by atoms with van der Waals surface area (Å²) in [6, 6.07) is 6.52. The topological polar surface area (TPSA) is 54.9 Å². The van der Waals surface area contributed by atoms with Gasteiger partial charge in [0.2, 0.25) is 0 Å². The molecule has 1 fully saturated rings. The van der Waals surface area contributed by atoms with Gasteiger partial charge >= 0.3 is 0 Å². The minimum atomic E-state index is 0.517. The molecule has 0 bridgehead atoms. The molecule has 1 aromatic rings. The van der Waals surface area contributed by atoms with E-state index in [-0.39, 0.29) is 0 Å². The molecule has 1 aliphatic carbocycles. The number of hydrogen-bond donors (Lipinski definition) is 2. The quantitative estimate of drug-likeness (QED) is 0.584. The molecule has 1 saturated carbocycles. The van der Waals surface area contributed by atoms with E-state index in [2.05, 4.69) is 21.9 Å². The molecule has 0 aromatic heterocycles. The summed E-state index contributed by atoms with van der Waals surface area (Å²) in [5.74, 6) is 2.40. The number of nitrogens with zero attached hydrogens (tertiary/aromatic N) is 1. The maximum Gasteiger partial charge on any atom is 0.191 e. The van der Waals surface area contributed by atoms with Gasteiger partial charge in [0, 0.05) is 24.9 Å². The van der Waals surface area contributed by atoms with Crippen molar-refractivity contribution in [1.29, 1.82) is 0 Å². The fraction of sp³-hybridized carbons (Fsp3) is 0.611. The summed E-state index contributed by atoms with van der Waals surface area (Å²) in [6.07, 6.45) is 5.90. The highest BCUT2D eigenvalue weighted by molar-refractivity contribution is 7.99. The van der Waals surface area contributed by atoms with Gasteiger partial charge in [-0.3, -0.25) is 4.99 Å². The van der Waals surface area contributed by atoms with Crippen molar-refractivity contribution >= 4 is 17.7 Å². The molecule has 1 aromatic carbocycles. The molecule has 2 atom stereocenters. The lowest BCUT2D eigenvalue weighted by Crippen LogP contribution is -2.42. The molecule has 2 unspecified atom stereocenters. The number of benzene rings is 1. The van der Waals surface area contributed by atoms with E-state index in [1.54, 1.807) is 7.11 Å². The zero-order valence-electron chi connectivity index (χ0n) is 15.1. The maximum absolute atomic E-state index is 5.56. The molecule has 134 valence electrons. The molecule has 0 aliphatic heterocycles. The first kappa shape index (κ1) is 18.8. The van der Waals surface area contributed by atoms with E-state index in [1.165, 1.54) is 19.3 Å². The summed E-state index contributed by atoms with van der Waals surface area (Å²) < 4.78 is 11.0. The molecule has 0 saturated heterocycles. The predicted molar refractivity (Wildman–Crippen MR) is 102 cm³/mol. The van der Waals surface area contributed by atoms with E-state index < -0.39 is 0 Å². The van der Waals surface area contributed by atoms with Crippen LogP contribution in [0.5, 0.6) is 11.5 Å². The number of rotatable bonds is 7. The highest BCUT2D eigenvalue weighted by Crippen LogP contribution is 2.29. The van der Waals surface area contributed by atoms with Crippen molar-refractivity contribution < 1.29 is 9.47 Å². The molecule has 0 heterocycles. The lowest BCUT2D eigenvalue weighted by atomic mass is 10.2. The third-order valence-corrected chi connectivity index (χ3v) is 5.36. The van der Waals surface area contributed by atoms with E-state index in [9.17, 15) is 0 Å². The molecule has 2 N–H and O–H groups in total.